The minimum atomic E-state index is -1.50. The van der Waals surface area contributed by atoms with Crippen molar-refractivity contribution in [2.24, 2.45) is 0 Å². The molecule has 100 valence electrons. The molecule has 0 radical (unpaired) electrons. The molecule has 0 aliphatic rings. The number of carbonyl (C=O) groups is 3. The fourth-order valence-electron chi connectivity index (χ4n) is 1.25. The maximum absolute atomic E-state index is 11.2. The van der Waals surface area contributed by atoms with Gasteiger partial charge in [-0.05, 0) is 12.1 Å². The van der Waals surface area contributed by atoms with Gasteiger partial charge in [-0.1, -0.05) is 0 Å². The van der Waals surface area contributed by atoms with Crippen molar-refractivity contribution in [1.82, 2.24) is 0 Å². The fraction of sp³-hybridized carbons (Fsp3) is 0.100. The number of benzene rings is 1. The molecular weight excluding hydrogens is 278 g/mol. The van der Waals surface area contributed by atoms with E-state index >= 15 is 0 Å². The van der Waals surface area contributed by atoms with Crippen molar-refractivity contribution in [3.05, 3.63) is 33.4 Å². The fourth-order valence-corrected chi connectivity index (χ4v) is 1.52. The van der Waals surface area contributed by atoms with Crippen LogP contribution in [0.25, 0.3) is 0 Å². The number of aromatic carboxylic acids is 1. The molecule has 0 fully saturated rings. The van der Waals surface area contributed by atoms with E-state index in [4.69, 9.17) is 5.11 Å². The molecule has 9 heteroatoms. The van der Waals surface area contributed by atoms with E-state index in [2.05, 4.69) is 17.4 Å². The number of hydrogen-bond donors (Lipinski definition) is 2. The van der Waals surface area contributed by atoms with Crippen LogP contribution in [0.3, 0.4) is 0 Å². The first kappa shape index (κ1) is 14.6. The molecule has 19 heavy (non-hydrogen) atoms. The van der Waals surface area contributed by atoms with Gasteiger partial charge in [0, 0.05) is 11.8 Å². The Morgan fingerprint density at radius 3 is 2.32 bits per heavy atom. The third-order valence-corrected chi connectivity index (χ3v) is 2.35. The third kappa shape index (κ3) is 3.28. The lowest BCUT2D eigenvalue weighted by Crippen LogP contribution is -2.15. The molecular formula is C10H7NO7S. The Morgan fingerprint density at radius 1 is 1.32 bits per heavy atom. The largest absolute Gasteiger partial charge is 0.478 e. The van der Waals surface area contributed by atoms with Gasteiger partial charge in [0.15, 0.2) is 0 Å². The number of nitro groups is 1. The zero-order chi connectivity index (χ0) is 14.7. The molecule has 1 aromatic carbocycles. The molecule has 1 aromatic rings. The number of carboxylic acid groups (broad SMARTS) is 1. The second-order valence-corrected chi connectivity index (χ2v) is 3.81. The molecule has 1 amide bonds. The van der Waals surface area contributed by atoms with Crippen molar-refractivity contribution in [3.63, 3.8) is 0 Å². The summed E-state index contributed by atoms with van der Waals surface area (Å²) < 4.78 is 4.63. The Balaban J connectivity index is 3.44. The molecule has 0 unspecified atom stereocenters. The standard InChI is InChI=1S/C10H7NO7S/c1-4(12)18-7-3-8(19)6(9(13)11(16)17)2-5(7)10(14)15/h2-3,19H,1H3,(H,14,15). The number of esters is 1. The average Bonchev–Trinajstić information content (AvgIpc) is 2.26. The normalized spacial score (nSPS) is 9.79. The molecule has 0 spiro atoms. The van der Waals surface area contributed by atoms with Crippen LogP contribution in [-0.2, 0) is 4.79 Å². The minimum absolute atomic E-state index is 0.164. The Kier molecular flexibility index (Phi) is 4.22. The average molecular weight is 285 g/mol. The van der Waals surface area contributed by atoms with Crippen LogP contribution in [0.1, 0.15) is 27.6 Å². The Labute approximate surface area is 111 Å². The molecule has 0 heterocycles. The zero-order valence-electron chi connectivity index (χ0n) is 9.45. The predicted molar refractivity (Wildman–Crippen MR) is 63.3 cm³/mol. The summed E-state index contributed by atoms with van der Waals surface area (Å²) >= 11 is 3.83. The molecule has 0 saturated heterocycles. The summed E-state index contributed by atoms with van der Waals surface area (Å²) in [4.78, 5) is 42.0. The third-order valence-electron chi connectivity index (χ3n) is 1.98. The number of carbonyl (C=O) groups excluding carboxylic acids is 2. The van der Waals surface area contributed by atoms with E-state index in [-0.39, 0.29) is 10.6 Å². The van der Waals surface area contributed by atoms with E-state index in [1.54, 1.807) is 0 Å². The van der Waals surface area contributed by atoms with Gasteiger partial charge in [0.05, 0.1) is 0 Å². The maximum Gasteiger partial charge on any atom is 0.477 e. The molecule has 0 aromatic heterocycles. The van der Waals surface area contributed by atoms with Crippen molar-refractivity contribution < 1.29 is 29.2 Å². The Bertz CT molecular complexity index is 596. The summed E-state index contributed by atoms with van der Waals surface area (Å²) in [6, 6.07) is 1.71. The number of amides is 1. The van der Waals surface area contributed by atoms with E-state index in [0.29, 0.717) is 0 Å². The Morgan fingerprint density at radius 2 is 1.89 bits per heavy atom. The van der Waals surface area contributed by atoms with E-state index in [1.807, 2.05) is 0 Å². The first-order valence-corrected chi connectivity index (χ1v) is 5.16. The number of thiol groups is 1. The van der Waals surface area contributed by atoms with Crippen molar-refractivity contribution in [3.8, 4) is 5.75 Å². The molecule has 8 nitrogen and oxygen atoms in total. The van der Waals surface area contributed by atoms with Crippen molar-refractivity contribution >= 4 is 30.5 Å². The molecule has 0 atom stereocenters. The van der Waals surface area contributed by atoms with Crippen LogP contribution in [0.15, 0.2) is 17.0 Å². The van der Waals surface area contributed by atoms with Gasteiger partial charge in [0.2, 0.25) is 0 Å². The first-order chi connectivity index (χ1) is 8.73. The summed E-state index contributed by atoms with van der Waals surface area (Å²) in [6.07, 6.45) is 0. The second kappa shape index (κ2) is 5.48. The quantitative estimate of drug-likeness (QED) is 0.279. The molecule has 1 rings (SSSR count). The smallest absolute Gasteiger partial charge is 0.477 e. The monoisotopic (exact) mass is 285 g/mol. The summed E-state index contributed by atoms with van der Waals surface area (Å²) in [6.45, 7) is 1.06. The lowest BCUT2D eigenvalue weighted by Gasteiger charge is -2.08. The van der Waals surface area contributed by atoms with E-state index < -0.39 is 33.9 Å². The van der Waals surface area contributed by atoms with Gasteiger partial charge in [0.25, 0.3) is 0 Å². The number of ether oxygens (including phenoxy) is 1. The number of rotatable bonds is 3. The highest BCUT2D eigenvalue weighted by Gasteiger charge is 2.26. The summed E-state index contributed by atoms with van der Waals surface area (Å²) in [5, 5.41) is 19.3. The minimum Gasteiger partial charge on any atom is -0.478 e. The van der Waals surface area contributed by atoms with Crippen LogP contribution in [0.2, 0.25) is 0 Å². The van der Waals surface area contributed by atoms with Crippen LogP contribution in [0.4, 0.5) is 0 Å². The van der Waals surface area contributed by atoms with Crippen molar-refractivity contribution in [1.29, 1.82) is 0 Å². The van der Waals surface area contributed by atoms with E-state index in [0.717, 1.165) is 19.1 Å². The van der Waals surface area contributed by atoms with Gasteiger partial charge < -0.3 is 9.84 Å². The van der Waals surface area contributed by atoms with E-state index in [1.165, 1.54) is 0 Å². The first-order valence-electron chi connectivity index (χ1n) is 4.71. The summed E-state index contributed by atoms with van der Waals surface area (Å²) in [5.41, 5.74) is -1.04. The predicted octanol–water partition coefficient (Wildman–Crippen LogP) is 1.02. The van der Waals surface area contributed by atoms with Crippen LogP contribution < -0.4 is 4.74 Å². The Hall–Kier alpha value is -2.42. The van der Waals surface area contributed by atoms with Gasteiger partial charge in [0.1, 0.15) is 21.8 Å². The summed E-state index contributed by atoms with van der Waals surface area (Å²) in [5.74, 6) is -4.11. The highest BCUT2D eigenvalue weighted by atomic mass is 32.1. The highest BCUT2D eigenvalue weighted by molar-refractivity contribution is 7.80. The van der Waals surface area contributed by atoms with Gasteiger partial charge in [-0.2, -0.15) is 0 Å². The highest BCUT2D eigenvalue weighted by Crippen LogP contribution is 2.27. The molecule has 1 N–H and O–H groups in total. The number of nitrogens with zero attached hydrogens (tertiary/aromatic N) is 1. The zero-order valence-corrected chi connectivity index (χ0v) is 10.3. The van der Waals surface area contributed by atoms with Crippen LogP contribution in [0, 0.1) is 10.1 Å². The molecule has 0 aliphatic carbocycles. The maximum atomic E-state index is 11.2. The number of hydrogen-bond acceptors (Lipinski definition) is 7. The topological polar surface area (TPSA) is 124 Å². The van der Waals surface area contributed by atoms with Crippen LogP contribution in [0.5, 0.6) is 5.75 Å². The van der Waals surface area contributed by atoms with Gasteiger partial charge in [-0.3, -0.25) is 14.9 Å². The molecule has 0 bridgehead atoms. The number of carboxylic acids is 1. The van der Waals surface area contributed by atoms with Crippen molar-refractivity contribution in [2.75, 3.05) is 0 Å². The lowest BCUT2D eigenvalue weighted by molar-refractivity contribution is -0.375. The van der Waals surface area contributed by atoms with E-state index in [9.17, 15) is 24.5 Å². The molecule has 0 saturated carbocycles. The van der Waals surface area contributed by atoms with Crippen LogP contribution in [-0.4, -0.2) is 27.9 Å². The lowest BCUT2D eigenvalue weighted by atomic mass is 10.1. The second-order valence-electron chi connectivity index (χ2n) is 3.33. The SMILES string of the molecule is CC(=O)Oc1cc(S)c(C(=O)[N+](=O)[O-])cc1C(=O)O. The van der Waals surface area contributed by atoms with Gasteiger partial charge in [-0.15, -0.1) is 12.6 Å². The summed E-state index contributed by atoms with van der Waals surface area (Å²) in [7, 11) is 0. The van der Waals surface area contributed by atoms with Crippen LogP contribution >= 0.6 is 12.6 Å². The van der Waals surface area contributed by atoms with Gasteiger partial charge >= 0.3 is 17.8 Å². The van der Waals surface area contributed by atoms with Crippen molar-refractivity contribution in [2.45, 2.75) is 11.8 Å². The van der Waals surface area contributed by atoms with Gasteiger partial charge in [-0.25, -0.2) is 9.59 Å². The molecule has 0 aliphatic heterocycles.